The molecule has 0 fully saturated rings. The topological polar surface area (TPSA) is 61.6 Å². The zero-order valence-electron chi connectivity index (χ0n) is 4.09. The molecule has 44 valence electrons. The minimum atomic E-state index is -0.498. The quantitative estimate of drug-likeness (QED) is 0.460. The Balaban J connectivity index is 2.57. The van der Waals surface area contributed by atoms with Crippen LogP contribution in [-0.4, -0.2) is 12.5 Å². The van der Waals surface area contributed by atoms with Gasteiger partial charge in [0, 0.05) is 0 Å². The molecular formula is C4H5NO3. The Bertz CT molecular complexity index is 140. The second-order valence-corrected chi connectivity index (χ2v) is 1.37. The first-order chi connectivity index (χ1) is 3.80. The van der Waals surface area contributed by atoms with E-state index in [1.807, 2.05) is 0 Å². The summed E-state index contributed by atoms with van der Waals surface area (Å²) in [6.45, 7) is 0.162. The van der Waals surface area contributed by atoms with E-state index in [1.165, 1.54) is 6.26 Å². The van der Waals surface area contributed by atoms with Crippen LogP contribution in [0.4, 0.5) is 0 Å². The summed E-state index contributed by atoms with van der Waals surface area (Å²) in [5.74, 6) is -0.498. The molecule has 0 aromatic heterocycles. The highest BCUT2D eigenvalue weighted by atomic mass is 17.2. The van der Waals surface area contributed by atoms with Gasteiger partial charge in [-0.05, 0) is 0 Å². The summed E-state index contributed by atoms with van der Waals surface area (Å²) < 4.78 is 0. The predicted octanol–water partition coefficient (Wildman–Crippen LogP) is -0.683. The molecule has 0 radical (unpaired) electrons. The third-order valence-electron chi connectivity index (χ3n) is 0.789. The first-order valence-electron chi connectivity index (χ1n) is 2.08. The number of primary amides is 1. The lowest BCUT2D eigenvalue weighted by Crippen LogP contribution is -2.14. The maximum Gasteiger partial charge on any atom is 0.250 e. The van der Waals surface area contributed by atoms with E-state index in [4.69, 9.17) is 5.73 Å². The van der Waals surface area contributed by atoms with Gasteiger partial charge in [0.05, 0.1) is 5.57 Å². The highest BCUT2D eigenvalue weighted by molar-refractivity contribution is 5.92. The van der Waals surface area contributed by atoms with E-state index in [0.717, 1.165) is 0 Å². The molecule has 0 unspecified atom stereocenters. The van der Waals surface area contributed by atoms with Crippen molar-refractivity contribution < 1.29 is 14.6 Å². The number of carbonyl (C=O) groups excluding carboxylic acids is 1. The molecule has 8 heavy (non-hydrogen) atoms. The summed E-state index contributed by atoms with van der Waals surface area (Å²) in [6.07, 6.45) is 1.20. The molecule has 0 atom stereocenters. The van der Waals surface area contributed by atoms with E-state index in [2.05, 4.69) is 9.78 Å². The summed E-state index contributed by atoms with van der Waals surface area (Å²) in [6, 6.07) is 0. The molecule has 4 heteroatoms. The van der Waals surface area contributed by atoms with Crippen molar-refractivity contribution in [3.05, 3.63) is 11.8 Å². The van der Waals surface area contributed by atoms with Gasteiger partial charge >= 0.3 is 0 Å². The van der Waals surface area contributed by atoms with Gasteiger partial charge in [0.2, 0.25) is 5.91 Å². The van der Waals surface area contributed by atoms with Crippen molar-refractivity contribution in [1.29, 1.82) is 0 Å². The maximum atomic E-state index is 10.2. The normalized spacial score (nSPS) is 17.2. The largest absolute Gasteiger partial charge is 0.366 e. The number of rotatable bonds is 1. The molecule has 0 aromatic rings. The molecule has 0 saturated heterocycles. The Labute approximate surface area is 45.8 Å². The summed E-state index contributed by atoms with van der Waals surface area (Å²) in [4.78, 5) is 18.8. The molecule has 2 N–H and O–H groups in total. The monoisotopic (exact) mass is 115 g/mol. The number of carbonyl (C=O) groups is 1. The van der Waals surface area contributed by atoms with Crippen molar-refractivity contribution >= 4 is 5.91 Å². The number of nitrogens with two attached hydrogens (primary N) is 1. The van der Waals surface area contributed by atoms with Crippen LogP contribution in [0, 0.1) is 0 Å². The van der Waals surface area contributed by atoms with Gasteiger partial charge in [-0.2, -0.15) is 4.89 Å². The Morgan fingerprint density at radius 2 is 2.62 bits per heavy atom. The summed E-state index contributed by atoms with van der Waals surface area (Å²) in [7, 11) is 0. The van der Waals surface area contributed by atoms with Crippen LogP contribution in [0.5, 0.6) is 0 Å². The smallest absolute Gasteiger partial charge is 0.250 e. The molecule has 0 aliphatic carbocycles. The lowest BCUT2D eigenvalue weighted by atomic mass is 10.3. The van der Waals surface area contributed by atoms with Crippen LogP contribution in [0.1, 0.15) is 0 Å². The summed E-state index contributed by atoms with van der Waals surface area (Å²) in [5.41, 5.74) is 5.20. The fraction of sp³-hybridized carbons (Fsp3) is 0.250. The van der Waals surface area contributed by atoms with Gasteiger partial charge in [-0.25, -0.2) is 0 Å². The number of amides is 1. The molecule has 0 bridgehead atoms. The van der Waals surface area contributed by atoms with Crippen LogP contribution in [0.25, 0.3) is 0 Å². The van der Waals surface area contributed by atoms with Gasteiger partial charge in [0.15, 0.2) is 0 Å². The van der Waals surface area contributed by atoms with Gasteiger partial charge in [-0.3, -0.25) is 4.79 Å². The van der Waals surface area contributed by atoms with Crippen LogP contribution in [0.3, 0.4) is 0 Å². The van der Waals surface area contributed by atoms with Gasteiger partial charge in [-0.1, -0.05) is 0 Å². The SMILES string of the molecule is NC(=O)C1=COOC1. The minimum Gasteiger partial charge on any atom is -0.366 e. The third-order valence-corrected chi connectivity index (χ3v) is 0.789. The van der Waals surface area contributed by atoms with Crippen LogP contribution in [-0.2, 0) is 14.6 Å². The van der Waals surface area contributed by atoms with Crippen LogP contribution in [0.2, 0.25) is 0 Å². The van der Waals surface area contributed by atoms with Gasteiger partial charge < -0.3 is 10.6 Å². The standard InChI is InChI=1S/C4H5NO3/c5-4(6)3-1-7-8-2-3/h1H,2H2,(H2,5,6). The molecule has 1 aliphatic heterocycles. The summed E-state index contributed by atoms with van der Waals surface area (Å²) in [5, 5.41) is 0. The van der Waals surface area contributed by atoms with Crippen molar-refractivity contribution in [1.82, 2.24) is 0 Å². The second-order valence-electron chi connectivity index (χ2n) is 1.37. The van der Waals surface area contributed by atoms with Gasteiger partial charge in [0.25, 0.3) is 0 Å². The van der Waals surface area contributed by atoms with Crippen molar-refractivity contribution in [3.63, 3.8) is 0 Å². The molecule has 1 heterocycles. The average Bonchev–Trinajstić information content (AvgIpc) is 2.12. The highest BCUT2D eigenvalue weighted by Crippen LogP contribution is 2.02. The van der Waals surface area contributed by atoms with Crippen molar-refractivity contribution in [2.75, 3.05) is 6.61 Å². The van der Waals surface area contributed by atoms with E-state index >= 15 is 0 Å². The molecule has 0 aromatic carbocycles. The van der Waals surface area contributed by atoms with E-state index in [9.17, 15) is 4.79 Å². The van der Waals surface area contributed by atoms with E-state index in [1.54, 1.807) is 0 Å². The molecular weight excluding hydrogens is 110 g/mol. The lowest BCUT2D eigenvalue weighted by Gasteiger charge is -1.85. The van der Waals surface area contributed by atoms with E-state index < -0.39 is 5.91 Å². The lowest BCUT2D eigenvalue weighted by molar-refractivity contribution is -0.221. The Hall–Kier alpha value is -1.03. The fourth-order valence-electron chi connectivity index (χ4n) is 0.353. The van der Waals surface area contributed by atoms with Crippen molar-refractivity contribution in [2.24, 2.45) is 5.73 Å². The molecule has 0 spiro atoms. The number of hydrogen-bond acceptors (Lipinski definition) is 3. The fourth-order valence-corrected chi connectivity index (χ4v) is 0.353. The predicted molar refractivity (Wildman–Crippen MR) is 24.3 cm³/mol. The zero-order valence-corrected chi connectivity index (χ0v) is 4.09. The zero-order chi connectivity index (χ0) is 5.98. The van der Waals surface area contributed by atoms with Crippen molar-refractivity contribution in [2.45, 2.75) is 0 Å². The molecule has 4 nitrogen and oxygen atoms in total. The highest BCUT2D eigenvalue weighted by Gasteiger charge is 2.11. The third kappa shape index (κ3) is 0.788. The minimum absolute atomic E-state index is 0.162. The molecule has 0 saturated carbocycles. The average molecular weight is 115 g/mol. The second kappa shape index (κ2) is 1.83. The maximum absolute atomic E-state index is 10.2. The first kappa shape index (κ1) is 5.11. The summed E-state index contributed by atoms with van der Waals surface area (Å²) >= 11 is 0. The van der Waals surface area contributed by atoms with Gasteiger partial charge in [0.1, 0.15) is 12.9 Å². The molecule has 1 rings (SSSR count). The van der Waals surface area contributed by atoms with E-state index in [0.29, 0.717) is 5.57 Å². The van der Waals surface area contributed by atoms with Crippen LogP contribution >= 0.6 is 0 Å². The van der Waals surface area contributed by atoms with Crippen LogP contribution in [0.15, 0.2) is 11.8 Å². The molecule has 1 aliphatic rings. The molecule has 1 amide bonds. The van der Waals surface area contributed by atoms with Crippen LogP contribution < -0.4 is 5.73 Å². The van der Waals surface area contributed by atoms with E-state index in [-0.39, 0.29) is 6.61 Å². The van der Waals surface area contributed by atoms with Gasteiger partial charge in [-0.15, -0.1) is 0 Å². The van der Waals surface area contributed by atoms with Crippen molar-refractivity contribution in [3.8, 4) is 0 Å². The first-order valence-corrected chi connectivity index (χ1v) is 2.08. The Kier molecular flexibility index (Phi) is 1.17. The number of hydrogen-bond donors (Lipinski definition) is 1. The Morgan fingerprint density at radius 3 is 2.88 bits per heavy atom. The Morgan fingerprint density at radius 1 is 1.88 bits per heavy atom.